The number of aromatic nitrogens is 7. The summed E-state index contributed by atoms with van der Waals surface area (Å²) in [5, 5.41) is 20.6. The number of pyridine rings is 1. The van der Waals surface area contributed by atoms with E-state index in [2.05, 4.69) is 40.5 Å². The number of halogens is 3. The molecule has 6 rings (SSSR count). The number of ether oxygens (including phenoxy) is 1. The summed E-state index contributed by atoms with van der Waals surface area (Å²) in [6, 6.07) is 11.7. The molecule has 0 radical (unpaired) electrons. The van der Waals surface area contributed by atoms with Gasteiger partial charge in [-0.15, -0.1) is 23.4 Å². The molecule has 4 heterocycles. The highest BCUT2D eigenvalue weighted by atomic mass is 19.4. The van der Waals surface area contributed by atoms with E-state index in [1.807, 2.05) is 25.1 Å². The summed E-state index contributed by atoms with van der Waals surface area (Å²) in [4.78, 5) is 20.1. The Kier molecular flexibility index (Phi) is 7.78. The lowest BCUT2D eigenvalue weighted by molar-refractivity contribution is -0.274. The number of carbonyl (C=O) groups excluding carboxylic acids is 1. The molecule has 0 spiro atoms. The van der Waals surface area contributed by atoms with Crippen LogP contribution in [0.15, 0.2) is 54.9 Å². The second-order valence-corrected chi connectivity index (χ2v) is 10.7. The minimum Gasteiger partial charge on any atom is -0.406 e. The van der Waals surface area contributed by atoms with E-state index in [1.165, 1.54) is 12.1 Å². The van der Waals surface area contributed by atoms with Crippen LogP contribution < -0.4 is 10.1 Å². The van der Waals surface area contributed by atoms with Gasteiger partial charge in [0.25, 0.3) is 5.91 Å². The normalized spacial score (nSPS) is 13.4. The number of carbonyl (C=O) groups is 1. The fraction of sp³-hybridized carbons (Fsp3) is 0.333. The number of rotatable bonds is 11. The van der Waals surface area contributed by atoms with Crippen molar-refractivity contribution in [3.8, 4) is 16.9 Å². The Morgan fingerprint density at radius 1 is 1.09 bits per heavy atom. The molecular formula is C30H29F3N8O2. The lowest BCUT2D eigenvalue weighted by Crippen LogP contribution is -2.23. The van der Waals surface area contributed by atoms with Gasteiger partial charge in [0.2, 0.25) is 0 Å². The van der Waals surface area contributed by atoms with Crippen molar-refractivity contribution in [1.29, 1.82) is 0 Å². The number of unbranched alkanes of at least 4 members (excludes halogenated alkanes) is 1. The van der Waals surface area contributed by atoms with Gasteiger partial charge in [0, 0.05) is 41.6 Å². The fourth-order valence-corrected chi connectivity index (χ4v) is 4.95. The molecule has 5 aromatic rings. The molecule has 1 saturated carbocycles. The SMILES string of the molecule is Cc1ccc(CNC(=O)c2cn(CCCCc3cc4c(-c5ccc(OC(F)(F)F)cc5)c(C5CC5)[nH]c4nn3)nn2)cn1. The van der Waals surface area contributed by atoms with Crippen LogP contribution in [0.2, 0.25) is 0 Å². The minimum atomic E-state index is -4.74. The summed E-state index contributed by atoms with van der Waals surface area (Å²) in [7, 11) is 0. The first-order valence-corrected chi connectivity index (χ1v) is 14.1. The Hall–Kier alpha value is -4.81. The second-order valence-electron chi connectivity index (χ2n) is 10.7. The third kappa shape index (κ3) is 6.99. The van der Waals surface area contributed by atoms with Crippen LogP contribution in [-0.2, 0) is 19.5 Å². The third-order valence-corrected chi connectivity index (χ3v) is 7.27. The maximum absolute atomic E-state index is 12.6. The van der Waals surface area contributed by atoms with Crippen molar-refractivity contribution < 1.29 is 22.7 Å². The molecule has 13 heteroatoms. The van der Waals surface area contributed by atoms with Gasteiger partial charge in [-0.1, -0.05) is 23.4 Å². The monoisotopic (exact) mass is 590 g/mol. The molecule has 222 valence electrons. The predicted octanol–water partition coefficient (Wildman–Crippen LogP) is 5.65. The smallest absolute Gasteiger partial charge is 0.406 e. The van der Waals surface area contributed by atoms with E-state index in [0.717, 1.165) is 64.8 Å². The largest absolute Gasteiger partial charge is 0.573 e. The van der Waals surface area contributed by atoms with Crippen LogP contribution in [0.3, 0.4) is 0 Å². The third-order valence-electron chi connectivity index (χ3n) is 7.27. The number of aromatic amines is 1. The van der Waals surface area contributed by atoms with Gasteiger partial charge in [0.05, 0.1) is 11.9 Å². The van der Waals surface area contributed by atoms with Crippen molar-refractivity contribution in [3.63, 3.8) is 0 Å². The quantitative estimate of drug-likeness (QED) is 0.191. The Morgan fingerprint density at radius 2 is 1.91 bits per heavy atom. The molecule has 1 aliphatic rings. The molecule has 0 bridgehead atoms. The van der Waals surface area contributed by atoms with Crippen molar-refractivity contribution in [1.82, 2.24) is 40.5 Å². The van der Waals surface area contributed by atoms with Gasteiger partial charge >= 0.3 is 6.36 Å². The second kappa shape index (κ2) is 11.8. The van der Waals surface area contributed by atoms with Crippen LogP contribution in [0.25, 0.3) is 22.2 Å². The van der Waals surface area contributed by atoms with Crippen molar-refractivity contribution >= 4 is 16.9 Å². The zero-order chi connectivity index (χ0) is 30.0. The first kappa shape index (κ1) is 28.3. The van der Waals surface area contributed by atoms with Gasteiger partial charge in [-0.2, -0.15) is 5.10 Å². The molecule has 2 N–H and O–H groups in total. The number of alkyl halides is 3. The summed E-state index contributed by atoms with van der Waals surface area (Å²) < 4.78 is 43.6. The van der Waals surface area contributed by atoms with Crippen LogP contribution in [0, 0.1) is 6.92 Å². The first-order valence-electron chi connectivity index (χ1n) is 14.1. The van der Waals surface area contributed by atoms with Crippen LogP contribution >= 0.6 is 0 Å². The van der Waals surface area contributed by atoms with E-state index in [1.54, 1.807) is 29.2 Å². The number of aryl methyl sites for hydroxylation is 3. The number of hydrogen-bond acceptors (Lipinski definition) is 7. The molecule has 1 aromatic carbocycles. The van der Waals surface area contributed by atoms with Gasteiger partial charge in [-0.25, -0.2) is 0 Å². The first-order chi connectivity index (χ1) is 20.7. The van der Waals surface area contributed by atoms with E-state index >= 15 is 0 Å². The van der Waals surface area contributed by atoms with Gasteiger partial charge in [0.1, 0.15) is 5.75 Å². The lowest BCUT2D eigenvalue weighted by atomic mass is 10.00. The zero-order valence-electron chi connectivity index (χ0n) is 23.4. The number of nitrogens with zero attached hydrogens (tertiary/aromatic N) is 6. The molecule has 0 unspecified atom stereocenters. The highest BCUT2D eigenvalue weighted by Gasteiger charge is 2.32. The molecule has 0 aliphatic heterocycles. The number of fused-ring (bicyclic) bond motifs is 1. The summed E-state index contributed by atoms with van der Waals surface area (Å²) in [5.41, 5.74) is 6.31. The van der Waals surface area contributed by atoms with Crippen molar-refractivity contribution in [2.24, 2.45) is 0 Å². The maximum Gasteiger partial charge on any atom is 0.573 e. The number of benzene rings is 1. The number of H-pyrrole nitrogens is 1. The van der Waals surface area contributed by atoms with E-state index in [-0.39, 0.29) is 17.4 Å². The van der Waals surface area contributed by atoms with Crippen molar-refractivity contribution in [2.75, 3.05) is 0 Å². The fourth-order valence-electron chi connectivity index (χ4n) is 4.95. The predicted molar refractivity (Wildman–Crippen MR) is 151 cm³/mol. The van der Waals surface area contributed by atoms with Crippen molar-refractivity contribution in [2.45, 2.75) is 64.4 Å². The topological polar surface area (TPSA) is 124 Å². The van der Waals surface area contributed by atoms with Crippen LogP contribution in [-0.4, -0.2) is 47.4 Å². The van der Waals surface area contributed by atoms with E-state index < -0.39 is 6.36 Å². The van der Waals surface area contributed by atoms with Crippen LogP contribution in [0.1, 0.15) is 64.7 Å². The van der Waals surface area contributed by atoms with E-state index in [0.29, 0.717) is 31.1 Å². The molecule has 0 atom stereocenters. The highest BCUT2D eigenvalue weighted by Crippen LogP contribution is 2.46. The average Bonchev–Trinajstić information content (AvgIpc) is 3.60. The number of hydrogen-bond donors (Lipinski definition) is 2. The Morgan fingerprint density at radius 3 is 2.63 bits per heavy atom. The van der Waals surface area contributed by atoms with Crippen LogP contribution in [0.4, 0.5) is 13.2 Å². The van der Waals surface area contributed by atoms with Gasteiger partial charge in [-0.3, -0.25) is 14.5 Å². The molecule has 1 fully saturated rings. The molecule has 43 heavy (non-hydrogen) atoms. The maximum atomic E-state index is 12.6. The lowest BCUT2D eigenvalue weighted by Gasteiger charge is -2.10. The summed E-state index contributed by atoms with van der Waals surface area (Å²) in [6.07, 6.45) is 2.98. The van der Waals surface area contributed by atoms with Crippen LogP contribution in [0.5, 0.6) is 5.75 Å². The molecule has 1 aliphatic carbocycles. The minimum absolute atomic E-state index is 0.251. The molecule has 0 saturated heterocycles. The van der Waals surface area contributed by atoms with Gasteiger partial charge in [-0.05, 0) is 80.3 Å². The highest BCUT2D eigenvalue weighted by molar-refractivity contribution is 5.96. The Balaban J connectivity index is 1.07. The average molecular weight is 591 g/mol. The van der Waals surface area contributed by atoms with Gasteiger partial charge < -0.3 is 15.0 Å². The van der Waals surface area contributed by atoms with E-state index in [9.17, 15) is 18.0 Å². The van der Waals surface area contributed by atoms with Gasteiger partial charge in [0.15, 0.2) is 11.3 Å². The summed E-state index contributed by atoms with van der Waals surface area (Å²) >= 11 is 0. The number of amides is 1. The molecule has 10 nitrogen and oxygen atoms in total. The summed E-state index contributed by atoms with van der Waals surface area (Å²) in [5.74, 6) is -0.191. The molecule has 1 amide bonds. The molecule has 4 aromatic heterocycles. The Labute approximate surface area is 244 Å². The van der Waals surface area contributed by atoms with E-state index in [4.69, 9.17) is 0 Å². The molecular weight excluding hydrogens is 561 g/mol. The summed E-state index contributed by atoms with van der Waals surface area (Å²) in [6.45, 7) is 2.85. The Bertz CT molecular complexity index is 1730. The number of nitrogens with one attached hydrogen (secondary N) is 2. The van der Waals surface area contributed by atoms with Crippen molar-refractivity contribution in [3.05, 3.63) is 83.2 Å². The standard InChI is InChI=1S/C30H29F3N8O2/c1-18-5-6-19(15-34-18)16-35-29(42)25-17-41(40-38-25)13-3-2-4-22-14-24-26(27(21-7-8-21)36-28(24)39-37-22)20-9-11-23(12-10-20)43-30(31,32)33/h5-6,9-12,14-15,17,21H,2-4,7-8,13,16H2,1H3,(H,35,42)(H,36,39). The zero-order valence-corrected chi connectivity index (χ0v) is 23.4.